The van der Waals surface area contributed by atoms with Crippen molar-refractivity contribution in [1.29, 1.82) is 0 Å². The third-order valence-electron chi connectivity index (χ3n) is 7.24. The van der Waals surface area contributed by atoms with Crippen molar-refractivity contribution >= 4 is 33.2 Å². The molecule has 1 aliphatic heterocycles. The normalized spacial score (nSPS) is 13.7. The van der Waals surface area contributed by atoms with E-state index in [1.165, 1.54) is 21.9 Å². The molecule has 0 fully saturated rings. The van der Waals surface area contributed by atoms with E-state index >= 15 is 0 Å². The molecule has 1 amide bonds. The Morgan fingerprint density at radius 1 is 0.973 bits per heavy atom. The molecule has 5 aromatic rings. The van der Waals surface area contributed by atoms with Gasteiger partial charge in [0.1, 0.15) is 11.3 Å². The van der Waals surface area contributed by atoms with Crippen LogP contribution >= 0.6 is 0 Å². The monoisotopic (exact) mass is 487 g/mol. The Balaban J connectivity index is 1.37. The van der Waals surface area contributed by atoms with Gasteiger partial charge in [0.15, 0.2) is 0 Å². The Hall–Kier alpha value is -4.31. The van der Waals surface area contributed by atoms with E-state index in [2.05, 4.69) is 66.7 Å². The minimum absolute atomic E-state index is 0.0245. The molecular formula is C33H29NO3. The van der Waals surface area contributed by atoms with Gasteiger partial charge in [-0.05, 0) is 65.4 Å². The summed E-state index contributed by atoms with van der Waals surface area (Å²) in [5.74, 6) is 0.747. The smallest absolute Gasteiger partial charge is 0.247 e. The molecule has 0 unspecified atom stereocenters. The molecule has 4 nitrogen and oxygen atoms in total. The van der Waals surface area contributed by atoms with Crippen LogP contribution in [-0.2, 0) is 17.8 Å². The van der Waals surface area contributed by atoms with Crippen LogP contribution in [0.2, 0.25) is 0 Å². The molecule has 6 rings (SSSR count). The summed E-state index contributed by atoms with van der Waals surface area (Å²) in [6.45, 7) is 5.84. The minimum Gasteiger partial charge on any atom is -0.493 e. The van der Waals surface area contributed by atoms with Crippen molar-refractivity contribution < 1.29 is 13.9 Å². The molecule has 0 spiro atoms. The molecule has 4 heteroatoms. The van der Waals surface area contributed by atoms with Gasteiger partial charge in [-0.25, -0.2) is 0 Å². The highest BCUT2D eigenvalue weighted by atomic mass is 16.5. The highest BCUT2D eigenvalue weighted by Gasteiger charge is 2.20. The highest BCUT2D eigenvalue weighted by Crippen LogP contribution is 2.38. The van der Waals surface area contributed by atoms with Crippen LogP contribution in [0.25, 0.3) is 38.4 Å². The quantitative estimate of drug-likeness (QED) is 0.239. The third-order valence-corrected chi connectivity index (χ3v) is 7.24. The maximum absolute atomic E-state index is 13.3. The fourth-order valence-corrected chi connectivity index (χ4v) is 5.26. The third kappa shape index (κ3) is 4.40. The van der Waals surface area contributed by atoms with Crippen molar-refractivity contribution in [2.75, 3.05) is 13.2 Å². The van der Waals surface area contributed by atoms with Crippen molar-refractivity contribution in [2.24, 2.45) is 0 Å². The number of hydrogen-bond acceptors (Lipinski definition) is 3. The van der Waals surface area contributed by atoms with E-state index < -0.39 is 0 Å². The summed E-state index contributed by atoms with van der Waals surface area (Å²) in [7, 11) is 0. The van der Waals surface area contributed by atoms with E-state index in [9.17, 15) is 4.79 Å². The van der Waals surface area contributed by atoms with Crippen molar-refractivity contribution in [3.8, 4) is 16.9 Å². The van der Waals surface area contributed by atoms with E-state index in [1.807, 2.05) is 37.1 Å². The average molecular weight is 488 g/mol. The van der Waals surface area contributed by atoms with Crippen LogP contribution in [-0.4, -0.2) is 24.0 Å². The van der Waals surface area contributed by atoms with Crippen molar-refractivity contribution in [3.63, 3.8) is 0 Å². The largest absolute Gasteiger partial charge is 0.493 e. The summed E-state index contributed by atoms with van der Waals surface area (Å²) in [6.07, 6.45) is 4.44. The summed E-state index contributed by atoms with van der Waals surface area (Å²) < 4.78 is 12.0. The van der Waals surface area contributed by atoms with Gasteiger partial charge < -0.3 is 14.1 Å². The maximum atomic E-state index is 13.3. The van der Waals surface area contributed by atoms with Crippen LogP contribution in [0.5, 0.6) is 5.75 Å². The lowest BCUT2D eigenvalue weighted by Gasteiger charge is -2.28. The summed E-state index contributed by atoms with van der Waals surface area (Å²) >= 11 is 0. The fourth-order valence-electron chi connectivity index (χ4n) is 5.26. The number of carbonyl (C=O) groups is 1. The topological polar surface area (TPSA) is 42.7 Å². The SMILES string of the molecule is CCOc1cc2occ(-c3ccc4ccccc4c3)c2cc1/C(C)=C/C(=O)N1CCc2ccccc2C1. The standard InChI is InChI=1S/C33H29NO3/c1-3-36-31-19-32-29(30(21-37-32)26-13-12-23-8-4-6-10-25(23)17-26)18-28(31)22(2)16-33(35)34-15-14-24-9-5-7-11-27(24)20-34/h4-13,16-19,21H,3,14-15,20H2,1-2H3/b22-16+. The van der Waals surface area contributed by atoms with E-state index in [4.69, 9.17) is 9.15 Å². The predicted octanol–water partition coefficient (Wildman–Crippen LogP) is 7.64. The zero-order valence-corrected chi connectivity index (χ0v) is 21.2. The van der Waals surface area contributed by atoms with Gasteiger partial charge in [0.05, 0.1) is 12.9 Å². The van der Waals surface area contributed by atoms with Crippen molar-refractivity contribution in [3.05, 3.63) is 108 Å². The lowest BCUT2D eigenvalue weighted by atomic mass is 9.97. The summed E-state index contributed by atoms with van der Waals surface area (Å²) in [5.41, 5.74) is 7.22. The highest BCUT2D eigenvalue weighted by molar-refractivity contribution is 6.01. The molecule has 0 saturated carbocycles. The van der Waals surface area contributed by atoms with Gasteiger partial charge in [0.2, 0.25) is 5.91 Å². The van der Waals surface area contributed by atoms with Crippen LogP contribution in [0.15, 0.2) is 95.6 Å². The number of benzene rings is 4. The second-order valence-electron chi connectivity index (χ2n) is 9.59. The Labute approximate surface area is 216 Å². The van der Waals surface area contributed by atoms with Gasteiger partial charge in [0, 0.05) is 41.7 Å². The van der Waals surface area contributed by atoms with E-state index in [0.717, 1.165) is 51.9 Å². The maximum Gasteiger partial charge on any atom is 0.247 e. The summed E-state index contributed by atoms with van der Waals surface area (Å²) in [6, 6.07) is 27.2. The Morgan fingerprint density at radius 2 is 1.76 bits per heavy atom. The summed E-state index contributed by atoms with van der Waals surface area (Å²) in [4.78, 5) is 15.2. The second kappa shape index (κ2) is 9.62. The lowest BCUT2D eigenvalue weighted by Crippen LogP contribution is -2.34. The fraction of sp³-hybridized carbons (Fsp3) is 0.182. The van der Waals surface area contributed by atoms with Gasteiger partial charge >= 0.3 is 0 Å². The molecule has 0 N–H and O–H groups in total. The van der Waals surface area contributed by atoms with Gasteiger partial charge in [0.25, 0.3) is 0 Å². The van der Waals surface area contributed by atoms with Crippen LogP contribution in [0.4, 0.5) is 0 Å². The molecule has 4 aromatic carbocycles. The first-order valence-corrected chi connectivity index (χ1v) is 12.8. The first-order valence-electron chi connectivity index (χ1n) is 12.8. The van der Waals surface area contributed by atoms with Gasteiger partial charge in [-0.15, -0.1) is 0 Å². The van der Waals surface area contributed by atoms with E-state index in [0.29, 0.717) is 13.2 Å². The summed E-state index contributed by atoms with van der Waals surface area (Å²) in [5, 5.41) is 3.39. The molecule has 0 aliphatic carbocycles. The van der Waals surface area contributed by atoms with Crippen molar-refractivity contribution in [1.82, 2.24) is 4.90 Å². The molecule has 0 saturated heterocycles. The molecule has 37 heavy (non-hydrogen) atoms. The predicted molar refractivity (Wildman–Crippen MR) is 150 cm³/mol. The van der Waals surface area contributed by atoms with Crippen LogP contribution < -0.4 is 4.74 Å². The van der Waals surface area contributed by atoms with E-state index in [-0.39, 0.29) is 5.91 Å². The lowest BCUT2D eigenvalue weighted by molar-refractivity contribution is -0.126. The Bertz CT molecular complexity index is 1660. The van der Waals surface area contributed by atoms with Crippen LogP contribution in [0.3, 0.4) is 0 Å². The number of hydrogen-bond donors (Lipinski definition) is 0. The van der Waals surface area contributed by atoms with Gasteiger partial charge in [-0.2, -0.15) is 0 Å². The van der Waals surface area contributed by atoms with E-state index in [1.54, 1.807) is 6.08 Å². The zero-order valence-electron chi connectivity index (χ0n) is 21.2. The van der Waals surface area contributed by atoms with Crippen molar-refractivity contribution in [2.45, 2.75) is 26.8 Å². The number of furan rings is 1. The number of allylic oxidation sites excluding steroid dienone is 1. The molecule has 0 atom stereocenters. The molecule has 0 radical (unpaired) electrons. The Kier molecular flexibility index (Phi) is 6.01. The number of rotatable bonds is 5. The number of carbonyl (C=O) groups excluding carboxylic acids is 1. The molecule has 184 valence electrons. The van der Waals surface area contributed by atoms with Crippen LogP contribution in [0.1, 0.15) is 30.5 Å². The van der Waals surface area contributed by atoms with Crippen LogP contribution in [0, 0.1) is 0 Å². The van der Waals surface area contributed by atoms with Gasteiger partial charge in [-0.3, -0.25) is 4.79 Å². The first kappa shape index (κ1) is 23.1. The number of ether oxygens (including phenoxy) is 1. The molecule has 1 aliphatic rings. The number of fused-ring (bicyclic) bond motifs is 3. The number of nitrogens with zero attached hydrogens (tertiary/aromatic N) is 1. The molecule has 1 aromatic heterocycles. The molecule has 0 bridgehead atoms. The Morgan fingerprint density at radius 3 is 2.59 bits per heavy atom. The molecular weight excluding hydrogens is 458 g/mol. The zero-order chi connectivity index (χ0) is 25.4. The average Bonchev–Trinajstić information content (AvgIpc) is 3.35. The second-order valence-corrected chi connectivity index (χ2v) is 9.59. The van der Waals surface area contributed by atoms with Gasteiger partial charge in [-0.1, -0.05) is 60.7 Å². The number of amides is 1. The minimum atomic E-state index is 0.0245. The molecule has 2 heterocycles. The first-order chi connectivity index (χ1) is 18.1.